The van der Waals surface area contributed by atoms with E-state index >= 15 is 18.0 Å². The molecule has 6 aromatic heterocycles. The van der Waals surface area contributed by atoms with E-state index in [-0.39, 0.29) is 52.2 Å². The van der Waals surface area contributed by atoms with E-state index in [0.717, 1.165) is 5.56 Å². The van der Waals surface area contributed by atoms with Crippen LogP contribution in [0.15, 0.2) is 75.4 Å². The summed E-state index contributed by atoms with van der Waals surface area (Å²) in [7, 11) is 1.71. The van der Waals surface area contributed by atoms with Gasteiger partial charge in [-0.2, -0.15) is 10.2 Å². The van der Waals surface area contributed by atoms with E-state index in [1.807, 2.05) is 27.0 Å². The molecule has 2 aliphatic heterocycles. The molecule has 18 heteroatoms. The first-order chi connectivity index (χ1) is 32.0. The van der Waals surface area contributed by atoms with Crippen molar-refractivity contribution >= 4 is 22.3 Å². The predicted molar refractivity (Wildman–Crippen MR) is 239 cm³/mol. The lowest BCUT2D eigenvalue weighted by Crippen LogP contribution is -2.44. The largest absolute Gasteiger partial charge is 0.438 e. The van der Waals surface area contributed by atoms with Gasteiger partial charge in [0.1, 0.15) is 17.5 Å². The molecule has 2 atom stereocenters. The van der Waals surface area contributed by atoms with Gasteiger partial charge in [-0.1, -0.05) is 5.16 Å². The van der Waals surface area contributed by atoms with E-state index in [1.54, 1.807) is 76.2 Å². The SMILES string of the molecule is Cc1cc(-n2nc3c(c2-n2ccn(-c4ccc5c(cnn5C)c4F)c2=O)[C@H](C)N(C(=O)c2cn4cc(C5CCOC(C)(C)C5)cc(F)c4c2C2(c4noc(=O)[nH]4)CC2)CC32CC2)cc(C)c1F. The average molecular weight is 913 g/mol. The number of rotatable bonds is 7. The molecule has 344 valence electrons. The second kappa shape index (κ2) is 14.0. The van der Waals surface area contributed by atoms with Gasteiger partial charge in [0.2, 0.25) is 0 Å². The first kappa shape index (κ1) is 41.5. The van der Waals surface area contributed by atoms with Crippen molar-refractivity contribution < 1.29 is 27.2 Å². The van der Waals surface area contributed by atoms with Gasteiger partial charge in [0, 0.05) is 61.5 Å². The number of ether oxygens (including phenoxy) is 1. The third kappa shape index (κ3) is 6.06. The van der Waals surface area contributed by atoms with E-state index < -0.39 is 45.6 Å². The van der Waals surface area contributed by atoms with E-state index in [1.165, 1.54) is 27.6 Å². The zero-order valence-corrected chi connectivity index (χ0v) is 37.8. The number of aryl methyl sites for hydroxylation is 3. The molecular weight excluding hydrogens is 866 g/mol. The molecule has 8 heterocycles. The van der Waals surface area contributed by atoms with Crippen LogP contribution in [0.3, 0.4) is 0 Å². The third-order valence-corrected chi connectivity index (χ3v) is 15.0. The van der Waals surface area contributed by atoms with Crippen molar-refractivity contribution in [1.82, 2.24) is 48.1 Å². The van der Waals surface area contributed by atoms with Crippen LogP contribution >= 0.6 is 0 Å². The Labute approximate surface area is 380 Å². The number of hydrogen-bond donors (Lipinski definition) is 1. The normalized spacial score (nSPS) is 20.3. The first-order valence-electron chi connectivity index (χ1n) is 22.7. The van der Waals surface area contributed by atoms with Crippen molar-refractivity contribution in [2.75, 3.05) is 13.2 Å². The quantitative estimate of drug-likeness (QED) is 0.171. The number of halogens is 3. The lowest BCUT2D eigenvalue weighted by Gasteiger charge is -2.38. The minimum Gasteiger partial charge on any atom is -0.376 e. The molecule has 1 spiro atoms. The van der Waals surface area contributed by atoms with Gasteiger partial charge < -0.3 is 14.0 Å². The lowest BCUT2D eigenvalue weighted by molar-refractivity contribution is -0.0593. The second-order valence-corrected chi connectivity index (χ2v) is 19.8. The van der Waals surface area contributed by atoms with Crippen molar-refractivity contribution in [3.8, 4) is 17.2 Å². The first-order valence-corrected chi connectivity index (χ1v) is 22.7. The Morgan fingerprint density at radius 3 is 2.39 bits per heavy atom. The number of aromatic nitrogens is 9. The number of carbonyl (C=O) groups is 1. The standard InChI is InChI=1S/C49H47F3N10O5/c1-25-17-30(18-26(2)38(25)51)62-42(60-15-14-59(46(60)65)35-8-7-34-31(39(35)52)21-53-57(34)6)36-27(3)61(24-48(10-11-48)41(36)55-62)43(63)32-23-58-22-29(28-9-16-66-47(4,5)20-28)19-33(50)40(58)37(32)49(12-13-49)44-54-45(64)67-56-44/h7-8,14-15,17-19,21-23,27-28H,9-13,16,20,24H2,1-6H3,(H,54,56,64)/t27-,28?/m0/s1. The fourth-order valence-electron chi connectivity index (χ4n) is 11.2. The molecule has 0 bridgehead atoms. The summed E-state index contributed by atoms with van der Waals surface area (Å²) in [6, 6.07) is 7.40. The van der Waals surface area contributed by atoms with E-state index in [4.69, 9.17) is 14.4 Å². The molecule has 2 saturated carbocycles. The maximum absolute atomic E-state index is 17.0. The molecule has 2 aromatic carbocycles. The molecule has 4 aliphatic rings. The number of fused-ring (bicyclic) bond motifs is 4. The van der Waals surface area contributed by atoms with Gasteiger partial charge >= 0.3 is 11.4 Å². The molecule has 2 aliphatic carbocycles. The van der Waals surface area contributed by atoms with Crippen LogP contribution in [0, 0.1) is 31.3 Å². The van der Waals surface area contributed by atoms with Gasteiger partial charge in [-0.25, -0.2) is 27.4 Å². The summed E-state index contributed by atoms with van der Waals surface area (Å²) in [5.41, 5.74) is 2.21. The fraction of sp³-hybridized carbons (Fsp3) is 0.388. The Morgan fingerprint density at radius 2 is 1.70 bits per heavy atom. The highest BCUT2D eigenvalue weighted by Crippen LogP contribution is 2.58. The Balaban J connectivity index is 1.04. The average Bonchev–Trinajstić information content (AvgIpc) is 3.88. The van der Waals surface area contributed by atoms with E-state index in [9.17, 15) is 9.59 Å². The molecule has 1 unspecified atom stereocenters. The molecule has 1 N–H and O–H groups in total. The Hall–Kier alpha value is -6.95. The third-order valence-electron chi connectivity index (χ3n) is 15.0. The molecule has 12 rings (SSSR count). The number of carbonyl (C=O) groups excluding carboxylic acids is 1. The lowest BCUT2D eigenvalue weighted by atomic mass is 9.84. The van der Waals surface area contributed by atoms with Gasteiger partial charge in [0.05, 0.1) is 62.3 Å². The number of nitrogens with one attached hydrogen (secondary N) is 1. The zero-order valence-electron chi connectivity index (χ0n) is 37.8. The molecular formula is C49H47F3N10O5. The van der Waals surface area contributed by atoms with Crippen LogP contribution in [0.2, 0.25) is 0 Å². The fourth-order valence-corrected chi connectivity index (χ4v) is 11.2. The summed E-state index contributed by atoms with van der Waals surface area (Å²) in [5.74, 6) is -2.06. The summed E-state index contributed by atoms with van der Waals surface area (Å²) >= 11 is 0. The minimum atomic E-state index is -1.00. The molecule has 0 radical (unpaired) electrons. The van der Waals surface area contributed by atoms with Crippen molar-refractivity contribution in [3.63, 3.8) is 0 Å². The number of benzene rings is 2. The highest BCUT2D eigenvalue weighted by Gasteiger charge is 2.58. The smallest absolute Gasteiger partial charge is 0.376 e. The molecule has 1 saturated heterocycles. The van der Waals surface area contributed by atoms with E-state index in [0.29, 0.717) is 90.1 Å². The molecule has 8 aromatic rings. The van der Waals surface area contributed by atoms with Gasteiger partial charge in [-0.05, 0) is 126 Å². The van der Waals surface area contributed by atoms with E-state index in [2.05, 4.69) is 15.2 Å². The molecule has 3 fully saturated rings. The number of H-pyrrole nitrogens is 1. The van der Waals surface area contributed by atoms with Crippen LogP contribution in [-0.2, 0) is 22.6 Å². The summed E-state index contributed by atoms with van der Waals surface area (Å²) in [5, 5.41) is 13.8. The summed E-state index contributed by atoms with van der Waals surface area (Å²) in [6.45, 7) is 10.1. The highest BCUT2D eigenvalue weighted by molar-refractivity contribution is 6.00. The van der Waals surface area contributed by atoms with Crippen LogP contribution in [0.4, 0.5) is 13.2 Å². The molecule has 67 heavy (non-hydrogen) atoms. The number of hydrogen-bond acceptors (Lipinski definition) is 8. The topological polar surface area (TPSA) is 155 Å². The van der Waals surface area contributed by atoms with Gasteiger partial charge in [-0.15, -0.1) is 0 Å². The summed E-state index contributed by atoms with van der Waals surface area (Å²) in [4.78, 5) is 47.4. The highest BCUT2D eigenvalue weighted by atomic mass is 19.1. The maximum Gasteiger partial charge on any atom is 0.438 e. The number of imidazole rings is 1. The van der Waals surface area contributed by atoms with Crippen molar-refractivity contribution in [2.45, 2.75) is 102 Å². The van der Waals surface area contributed by atoms with Crippen LogP contribution in [0.5, 0.6) is 0 Å². The molecule has 15 nitrogen and oxygen atoms in total. The van der Waals surface area contributed by atoms with Crippen molar-refractivity contribution in [3.05, 3.63) is 145 Å². The second-order valence-electron chi connectivity index (χ2n) is 19.8. The Bertz CT molecular complexity index is 3520. The van der Waals surface area contributed by atoms with Gasteiger partial charge in [0.25, 0.3) is 5.91 Å². The Kier molecular flexibility index (Phi) is 8.69. The van der Waals surface area contributed by atoms with Crippen molar-refractivity contribution in [2.24, 2.45) is 7.05 Å². The van der Waals surface area contributed by atoms with Gasteiger partial charge in [0.15, 0.2) is 11.6 Å². The maximum atomic E-state index is 17.0. The van der Waals surface area contributed by atoms with Crippen LogP contribution in [0.25, 0.3) is 33.6 Å². The number of pyridine rings is 1. The molecule has 1 amide bonds. The predicted octanol–water partition coefficient (Wildman–Crippen LogP) is 7.66. The summed E-state index contributed by atoms with van der Waals surface area (Å²) < 4.78 is 67.0. The van der Waals surface area contributed by atoms with Crippen LogP contribution < -0.4 is 11.4 Å². The number of nitrogens with zero attached hydrogens (tertiary/aromatic N) is 9. The van der Waals surface area contributed by atoms with Crippen LogP contribution in [0.1, 0.15) is 121 Å². The minimum absolute atomic E-state index is 0.0151. The van der Waals surface area contributed by atoms with Crippen LogP contribution in [-0.4, -0.2) is 72.8 Å². The number of aromatic amines is 1. The number of amides is 1. The summed E-state index contributed by atoms with van der Waals surface area (Å²) in [6.07, 6.45) is 11.8. The van der Waals surface area contributed by atoms with Gasteiger partial charge in [-0.3, -0.25) is 28.1 Å². The Morgan fingerprint density at radius 1 is 0.955 bits per heavy atom. The van der Waals surface area contributed by atoms with Crippen molar-refractivity contribution in [1.29, 1.82) is 0 Å². The zero-order chi connectivity index (χ0) is 46.6. The monoisotopic (exact) mass is 912 g/mol.